The van der Waals surface area contributed by atoms with Crippen molar-refractivity contribution in [3.05, 3.63) is 30.6 Å². The van der Waals surface area contributed by atoms with Crippen molar-refractivity contribution in [3.63, 3.8) is 0 Å². The molecule has 1 N–H and O–H groups in total. The van der Waals surface area contributed by atoms with Gasteiger partial charge in [0.1, 0.15) is 6.33 Å². The Morgan fingerprint density at radius 3 is 2.95 bits per heavy atom. The average Bonchev–Trinajstić information content (AvgIpc) is 2.98. The first-order valence-corrected chi connectivity index (χ1v) is 6.55. The second-order valence-corrected chi connectivity index (χ2v) is 5.48. The number of nitrogens with zero attached hydrogens (tertiary/aromatic N) is 5. The van der Waals surface area contributed by atoms with E-state index < -0.39 is 0 Å². The molecule has 0 radical (unpaired) electrons. The van der Waals surface area contributed by atoms with Gasteiger partial charge in [-0.3, -0.25) is 0 Å². The molecule has 6 nitrogen and oxygen atoms in total. The minimum absolute atomic E-state index is 0.0839. The van der Waals surface area contributed by atoms with Crippen molar-refractivity contribution in [3.8, 4) is 11.8 Å². The van der Waals surface area contributed by atoms with Gasteiger partial charge in [-0.25, -0.2) is 4.68 Å². The molecule has 1 aromatic carbocycles. The molecule has 2 rings (SSSR count). The number of nitriles is 1. The summed E-state index contributed by atoms with van der Waals surface area (Å²) in [7, 11) is 0. The third-order valence-electron chi connectivity index (χ3n) is 3.14. The van der Waals surface area contributed by atoms with Crippen LogP contribution in [-0.4, -0.2) is 26.8 Å². The van der Waals surface area contributed by atoms with Crippen molar-refractivity contribution in [2.45, 2.75) is 26.7 Å². The fourth-order valence-corrected chi connectivity index (χ4v) is 1.86. The first-order valence-electron chi connectivity index (χ1n) is 6.55. The number of hydrogen-bond acceptors (Lipinski definition) is 5. The molecule has 104 valence electrons. The minimum Gasteiger partial charge on any atom is -0.384 e. The third kappa shape index (κ3) is 3.79. The summed E-state index contributed by atoms with van der Waals surface area (Å²) in [6.45, 7) is 5.12. The lowest BCUT2D eigenvalue weighted by Crippen LogP contribution is -2.22. The van der Waals surface area contributed by atoms with E-state index in [4.69, 9.17) is 5.26 Å². The number of anilines is 1. The fraction of sp³-hybridized carbons (Fsp3) is 0.429. The highest BCUT2D eigenvalue weighted by molar-refractivity contribution is 5.50. The Labute approximate surface area is 118 Å². The monoisotopic (exact) mass is 270 g/mol. The normalized spacial score (nSPS) is 11.1. The Hall–Kier alpha value is -2.42. The van der Waals surface area contributed by atoms with E-state index in [1.54, 1.807) is 11.0 Å². The van der Waals surface area contributed by atoms with Crippen LogP contribution in [0, 0.1) is 16.7 Å². The third-order valence-corrected chi connectivity index (χ3v) is 3.14. The molecule has 0 saturated heterocycles. The average molecular weight is 270 g/mol. The SMILES string of the molecule is CC(C)(CCC#N)CNc1cccc(-n2cnnn2)c1. The van der Waals surface area contributed by atoms with Gasteiger partial charge >= 0.3 is 0 Å². The van der Waals surface area contributed by atoms with Crippen LogP contribution in [0.25, 0.3) is 5.69 Å². The molecule has 0 bridgehead atoms. The number of benzene rings is 1. The van der Waals surface area contributed by atoms with E-state index in [1.165, 1.54) is 0 Å². The lowest BCUT2D eigenvalue weighted by Gasteiger charge is -2.24. The second kappa shape index (κ2) is 6.15. The fourth-order valence-electron chi connectivity index (χ4n) is 1.86. The van der Waals surface area contributed by atoms with Crippen molar-refractivity contribution in [1.29, 1.82) is 5.26 Å². The lowest BCUT2D eigenvalue weighted by atomic mass is 9.88. The highest BCUT2D eigenvalue weighted by atomic mass is 15.5. The van der Waals surface area contributed by atoms with E-state index in [1.807, 2.05) is 24.3 Å². The Morgan fingerprint density at radius 2 is 2.25 bits per heavy atom. The van der Waals surface area contributed by atoms with Crippen LogP contribution >= 0.6 is 0 Å². The quantitative estimate of drug-likeness (QED) is 0.871. The maximum Gasteiger partial charge on any atom is 0.143 e. The zero-order valence-corrected chi connectivity index (χ0v) is 11.7. The van der Waals surface area contributed by atoms with Gasteiger partial charge in [-0.2, -0.15) is 5.26 Å². The molecular formula is C14H18N6. The predicted octanol–water partition coefficient (Wildman–Crippen LogP) is 2.40. The molecule has 1 aromatic heterocycles. The highest BCUT2D eigenvalue weighted by Crippen LogP contribution is 2.23. The summed E-state index contributed by atoms with van der Waals surface area (Å²) in [5.74, 6) is 0. The van der Waals surface area contributed by atoms with Gasteiger partial charge in [0.05, 0.1) is 11.8 Å². The van der Waals surface area contributed by atoms with Gasteiger partial charge in [0.15, 0.2) is 0 Å². The van der Waals surface area contributed by atoms with E-state index >= 15 is 0 Å². The van der Waals surface area contributed by atoms with E-state index in [0.717, 1.165) is 24.3 Å². The van der Waals surface area contributed by atoms with Crippen LogP contribution in [0.1, 0.15) is 26.7 Å². The van der Waals surface area contributed by atoms with Crippen molar-refractivity contribution in [2.75, 3.05) is 11.9 Å². The Morgan fingerprint density at radius 1 is 1.40 bits per heavy atom. The molecule has 0 spiro atoms. The molecule has 0 aliphatic rings. The molecule has 0 amide bonds. The van der Waals surface area contributed by atoms with Crippen LogP contribution in [0.2, 0.25) is 0 Å². The molecule has 0 aliphatic heterocycles. The summed E-state index contributed by atoms with van der Waals surface area (Å²) >= 11 is 0. The molecule has 0 aliphatic carbocycles. The summed E-state index contributed by atoms with van der Waals surface area (Å²) in [6.07, 6.45) is 3.03. The summed E-state index contributed by atoms with van der Waals surface area (Å²) in [5.41, 5.74) is 2.01. The number of rotatable bonds is 6. The van der Waals surface area contributed by atoms with Gasteiger partial charge in [0, 0.05) is 18.7 Å². The Kier molecular flexibility index (Phi) is 4.31. The van der Waals surface area contributed by atoms with Gasteiger partial charge in [-0.15, -0.1) is 5.10 Å². The number of aromatic nitrogens is 4. The zero-order chi connectivity index (χ0) is 14.4. The maximum atomic E-state index is 8.66. The molecule has 0 atom stereocenters. The van der Waals surface area contributed by atoms with Crippen molar-refractivity contribution in [1.82, 2.24) is 20.2 Å². The molecular weight excluding hydrogens is 252 g/mol. The molecule has 0 fully saturated rings. The Bertz CT molecular complexity index is 582. The molecule has 0 unspecified atom stereocenters. The smallest absolute Gasteiger partial charge is 0.143 e. The molecule has 20 heavy (non-hydrogen) atoms. The van der Waals surface area contributed by atoms with Crippen LogP contribution in [0.4, 0.5) is 5.69 Å². The van der Waals surface area contributed by atoms with Crippen molar-refractivity contribution < 1.29 is 0 Å². The predicted molar refractivity (Wildman–Crippen MR) is 76.3 cm³/mol. The largest absolute Gasteiger partial charge is 0.384 e. The van der Waals surface area contributed by atoms with Gasteiger partial charge in [0.25, 0.3) is 0 Å². The topological polar surface area (TPSA) is 79.4 Å². The molecule has 6 heteroatoms. The summed E-state index contributed by atoms with van der Waals surface area (Å²) in [6, 6.07) is 10.1. The van der Waals surface area contributed by atoms with Gasteiger partial charge in [-0.05, 0) is 40.5 Å². The van der Waals surface area contributed by atoms with Crippen LogP contribution in [-0.2, 0) is 0 Å². The van der Waals surface area contributed by atoms with Gasteiger partial charge < -0.3 is 5.32 Å². The van der Waals surface area contributed by atoms with Crippen molar-refractivity contribution >= 4 is 5.69 Å². The van der Waals surface area contributed by atoms with E-state index in [-0.39, 0.29) is 5.41 Å². The number of hydrogen-bond donors (Lipinski definition) is 1. The summed E-state index contributed by atoms with van der Waals surface area (Å²) in [5, 5.41) is 23.2. The number of tetrazole rings is 1. The molecule has 0 saturated carbocycles. The van der Waals surface area contributed by atoms with Crippen LogP contribution in [0.15, 0.2) is 30.6 Å². The summed E-state index contributed by atoms with van der Waals surface area (Å²) in [4.78, 5) is 0. The van der Waals surface area contributed by atoms with E-state index in [0.29, 0.717) is 6.42 Å². The van der Waals surface area contributed by atoms with Crippen LogP contribution < -0.4 is 5.32 Å². The highest BCUT2D eigenvalue weighted by Gasteiger charge is 2.17. The molecule has 1 heterocycles. The van der Waals surface area contributed by atoms with Gasteiger partial charge in [0.2, 0.25) is 0 Å². The van der Waals surface area contributed by atoms with E-state index in [2.05, 4.69) is 40.8 Å². The minimum atomic E-state index is 0.0839. The maximum absolute atomic E-state index is 8.66. The van der Waals surface area contributed by atoms with Crippen molar-refractivity contribution in [2.24, 2.45) is 5.41 Å². The van der Waals surface area contributed by atoms with Crippen LogP contribution in [0.3, 0.4) is 0 Å². The molecule has 2 aromatic rings. The first kappa shape index (κ1) is 14.0. The van der Waals surface area contributed by atoms with Gasteiger partial charge in [-0.1, -0.05) is 19.9 Å². The Balaban J connectivity index is 2.00. The lowest BCUT2D eigenvalue weighted by molar-refractivity contribution is 0.364. The second-order valence-electron chi connectivity index (χ2n) is 5.48. The van der Waals surface area contributed by atoms with E-state index in [9.17, 15) is 0 Å². The zero-order valence-electron chi connectivity index (χ0n) is 11.7. The number of nitrogens with one attached hydrogen (secondary N) is 1. The standard InChI is InChI=1S/C14H18N6/c1-14(2,7-4-8-15)10-16-12-5-3-6-13(9-12)20-11-17-18-19-20/h3,5-6,9,11,16H,4,7,10H2,1-2H3. The van der Waals surface area contributed by atoms with Crippen LogP contribution in [0.5, 0.6) is 0 Å². The first-order chi connectivity index (χ1) is 9.61. The summed E-state index contributed by atoms with van der Waals surface area (Å²) < 4.78 is 1.62.